The van der Waals surface area contributed by atoms with Crippen LogP contribution in [0.2, 0.25) is 0 Å². The highest BCUT2D eigenvalue weighted by atomic mass is 15.3. The predicted octanol–water partition coefficient (Wildman–Crippen LogP) is 3.21. The second-order valence-electron chi connectivity index (χ2n) is 3.46. The number of aryl methyl sites for hydroxylation is 1. The molecule has 0 N–H and O–H groups in total. The van der Waals surface area contributed by atoms with Crippen molar-refractivity contribution in [2.75, 3.05) is 0 Å². The summed E-state index contributed by atoms with van der Waals surface area (Å²) >= 11 is 0. The molecule has 2 nitrogen and oxygen atoms in total. The molecule has 2 heteroatoms. The maximum Gasteiger partial charge on any atom is 0.0668 e. The number of para-hydroxylation sites is 1. The van der Waals surface area contributed by atoms with Crippen LogP contribution in [0, 0.1) is 6.92 Å². The van der Waals surface area contributed by atoms with Crippen molar-refractivity contribution in [2.45, 2.75) is 13.8 Å². The van der Waals surface area contributed by atoms with Crippen molar-refractivity contribution in [1.29, 1.82) is 0 Å². The van der Waals surface area contributed by atoms with Crippen LogP contribution in [-0.4, -0.2) is 9.78 Å². The Hall–Kier alpha value is -1.83. The lowest BCUT2D eigenvalue weighted by Gasteiger charge is -2.03. The Morgan fingerprint density at radius 2 is 1.93 bits per heavy atom. The lowest BCUT2D eigenvalue weighted by molar-refractivity contribution is 0.854. The Bertz CT molecular complexity index is 467. The third kappa shape index (κ3) is 1.99. The van der Waals surface area contributed by atoms with Crippen molar-refractivity contribution in [2.24, 2.45) is 0 Å². The SMILES string of the molecule is C/C=C/c1cc(C)nn1-c1ccccc1. The van der Waals surface area contributed by atoms with Crippen molar-refractivity contribution in [3.05, 3.63) is 53.9 Å². The molecule has 0 spiro atoms. The van der Waals surface area contributed by atoms with E-state index in [0.29, 0.717) is 0 Å². The van der Waals surface area contributed by atoms with Crippen LogP contribution in [0.5, 0.6) is 0 Å². The fourth-order valence-corrected chi connectivity index (χ4v) is 1.58. The Morgan fingerprint density at radius 1 is 1.20 bits per heavy atom. The zero-order valence-electron chi connectivity index (χ0n) is 9.01. The molecule has 0 radical (unpaired) electrons. The lowest BCUT2D eigenvalue weighted by atomic mass is 10.3. The molecule has 0 amide bonds. The van der Waals surface area contributed by atoms with Gasteiger partial charge in [-0.2, -0.15) is 5.10 Å². The summed E-state index contributed by atoms with van der Waals surface area (Å²) in [4.78, 5) is 0. The van der Waals surface area contributed by atoms with Crippen molar-refractivity contribution < 1.29 is 0 Å². The van der Waals surface area contributed by atoms with E-state index in [2.05, 4.69) is 29.4 Å². The van der Waals surface area contributed by atoms with Gasteiger partial charge in [0.15, 0.2) is 0 Å². The molecule has 0 aliphatic carbocycles. The molecule has 0 unspecified atom stereocenters. The normalized spacial score (nSPS) is 11.1. The zero-order chi connectivity index (χ0) is 10.7. The van der Waals surface area contributed by atoms with E-state index in [4.69, 9.17) is 0 Å². The van der Waals surface area contributed by atoms with E-state index in [1.807, 2.05) is 42.8 Å². The molecule has 0 bridgehead atoms. The summed E-state index contributed by atoms with van der Waals surface area (Å²) in [6.45, 7) is 4.02. The molecular weight excluding hydrogens is 184 g/mol. The molecule has 0 fully saturated rings. The van der Waals surface area contributed by atoms with E-state index in [1.165, 1.54) is 0 Å². The highest BCUT2D eigenvalue weighted by Crippen LogP contribution is 2.13. The average Bonchev–Trinajstić information content (AvgIpc) is 2.62. The summed E-state index contributed by atoms with van der Waals surface area (Å²) in [5.41, 5.74) is 3.24. The molecule has 0 aliphatic heterocycles. The molecule has 2 rings (SSSR count). The molecule has 1 aromatic heterocycles. The van der Waals surface area contributed by atoms with Crippen LogP contribution in [-0.2, 0) is 0 Å². The van der Waals surface area contributed by atoms with E-state index in [1.54, 1.807) is 0 Å². The monoisotopic (exact) mass is 198 g/mol. The summed E-state index contributed by atoms with van der Waals surface area (Å²) < 4.78 is 1.95. The Morgan fingerprint density at radius 3 is 2.60 bits per heavy atom. The Kier molecular flexibility index (Phi) is 2.68. The van der Waals surface area contributed by atoms with Gasteiger partial charge in [-0.05, 0) is 38.1 Å². The number of nitrogens with zero attached hydrogens (tertiary/aromatic N) is 2. The van der Waals surface area contributed by atoms with Crippen LogP contribution in [0.25, 0.3) is 11.8 Å². The quantitative estimate of drug-likeness (QED) is 0.724. The van der Waals surface area contributed by atoms with Crippen LogP contribution < -0.4 is 0 Å². The molecule has 15 heavy (non-hydrogen) atoms. The highest BCUT2D eigenvalue weighted by Gasteiger charge is 2.03. The number of aromatic nitrogens is 2. The summed E-state index contributed by atoms with van der Waals surface area (Å²) in [5.74, 6) is 0. The third-order valence-corrected chi connectivity index (χ3v) is 2.20. The number of allylic oxidation sites excluding steroid dienone is 1. The van der Waals surface area contributed by atoms with Crippen molar-refractivity contribution in [1.82, 2.24) is 9.78 Å². The summed E-state index contributed by atoms with van der Waals surface area (Å²) in [7, 11) is 0. The first-order valence-corrected chi connectivity index (χ1v) is 5.06. The smallest absolute Gasteiger partial charge is 0.0668 e. The minimum absolute atomic E-state index is 1.03. The van der Waals surface area contributed by atoms with Gasteiger partial charge in [0.05, 0.1) is 17.1 Å². The Labute approximate surface area is 89.9 Å². The maximum absolute atomic E-state index is 4.46. The van der Waals surface area contributed by atoms with Gasteiger partial charge in [-0.3, -0.25) is 0 Å². The van der Waals surface area contributed by atoms with Gasteiger partial charge in [-0.25, -0.2) is 4.68 Å². The van der Waals surface area contributed by atoms with Gasteiger partial charge in [0.2, 0.25) is 0 Å². The number of hydrogen-bond acceptors (Lipinski definition) is 1. The average molecular weight is 198 g/mol. The second kappa shape index (κ2) is 4.13. The molecule has 0 atom stereocenters. The predicted molar refractivity (Wildman–Crippen MR) is 63.0 cm³/mol. The Balaban J connectivity index is 2.52. The van der Waals surface area contributed by atoms with E-state index in [-0.39, 0.29) is 0 Å². The highest BCUT2D eigenvalue weighted by molar-refractivity contribution is 5.49. The molecule has 1 heterocycles. The molecular formula is C13H14N2. The minimum Gasteiger partial charge on any atom is -0.233 e. The number of benzene rings is 1. The van der Waals surface area contributed by atoms with Crippen LogP contribution in [0.15, 0.2) is 42.5 Å². The molecule has 0 saturated carbocycles. The first-order valence-electron chi connectivity index (χ1n) is 5.06. The van der Waals surface area contributed by atoms with Gasteiger partial charge in [0, 0.05) is 0 Å². The van der Waals surface area contributed by atoms with Gasteiger partial charge >= 0.3 is 0 Å². The van der Waals surface area contributed by atoms with Crippen molar-refractivity contribution in [3.63, 3.8) is 0 Å². The topological polar surface area (TPSA) is 17.8 Å². The van der Waals surface area contributed by atoms with Crippen LogP contribution in [0.1, 0.15) is 18.3 Å². The third-order valence-electron chi connectivity index (χ3n) is 2.20. The standard InChI is InChI=1S/C13H14N2/c1-3-7-13-10-11(2)14-15(13)12-8-5-4-6-9-12/h3-10H,1-2H3/b7-3+. The van der Waals surface area contributed by atoms with Crippen LogP contribution in [0.4, 0.5) is 0 Å². The van der Waals surface area contributed by atoms with Gasteiger partial charge in [0.1, 0.15) is 0 Å². The lowest BCUT2D eigenvalue weighted by Crippen LogP contribution is -1.98. The zero-order valence-corrected chi connectivity index (χ0v) is 9.01. The molecule has 1 aromatic carbocycles. The summed E-state index contributed by atoms with van der Waals surface area (Å²) in [6, 6.07) is 12.2. The summed E-state index contributed by atoms with van der Waals surface area (Å²) in [6.07, 6.45) is 4.09. The second-order valence-corrected chi connectivity index (χ2v) is 3.46. The molecule has 0 aliphatic rings. The van der Waals surface area contributed by atoms with Crippen LogP contribution >= 0.6 is 0 Å². The number of rotatable bonds is 2. The van der Waals surface area contributed by atoms with Crippen LogP contribution in [0.3, 0.4) is 0 Å². The van der Waals surface area contributed by atoms with E-state index < -0.39 is 0 Å². The van der Waals surface area contributed by atoms with Gasteiger partial charge in [0.25, 0.3) is 0 Å². The van der Waals surface area contributed by atoms with E-state index in [9.17, 15) is 0 Å². The molecule has 76 valence electrons. The maximum atomic E-state index is 4.46. The fourth-order valence-electron chi connectivity index (χ4n) is 1.58. The molecule has 2 aromatic rings. The summed E-state index contributed by atoms with van der Waals surface area (Å²) in [5, 5.41) is 4.46. The number of hydrogen-bond donors (Lipinski definition) is 0. The largest absolute Gasteiger partial charge is 0.233 e. The van der Waals surface area contributed by atoms with Crippen molar-refractivity contribution in [3.8, 4) is 5.69 Å². The van der Waals surface area contributed by atoms with Gasteiger partial charge in [-0.15, -0.1) is 0 Å². The van der Waals surface area contributed by atoms with E-state index in [0.717, 1.165) is 17.1 Å². The molecule has 0 saturated heterocycles. The fraction of sp³-hybridized carbons (Fsp3) is 0.154. The minimum atomic E-state index is 1.03. The van der Waals surface area contributed by atoms with Gasteiger partial charge < -0.3 is 0 Å². The van der Waals surface area contributed by atoms with E-state index >= 15 is 0 Å². The first-order chi connectivity index (χ1) is 7.31. The first kappa shape index (κ1) is 9.71. The van der Waals surface area contributed by atoms with Gasteiger partial charge in [-0.1, -0.05) is 24.3 Å². The van der Waals surface area contributed by atoms with Crippen molar-refractivity contribution >= 4 is 6.08 Å².